The van der Waals surface area contributed by atoms with E-state index in [1.165, 1.54) is 25.1 Å². The van der Waals surface area contributed by atoms with Crippen LogP contribution in [-0.4, -0.2) is 24.5 Å². The van der Waals surface area contributed by atoms with E-state index in [0.29, 0.717) is 5.92 Å². The lowest BCUT2D eigenvalue weighted by Crippen LogP contribution is -2.36. The van der Waals surface area contributed by atoms with Crippen molar-refractivity contribution in [2.24, 2.45) is 11.7 Å². The van der Waals surface area contributed by atoms with Crippen LogP contribution in [0, 0.1) is 5.92 Å². The zero-order chi connectivity index (χ0) is 8.27. The van der Waals surface area contributed by atoms with Crippen LogP contribution >= 0.6 is 0 Å². The minimum Gasteiger partial charge on any atom is -0.375 e. The summed E-state index contributed by atoms with van der Waals surface area (Å²) in [6, 6.07) is 0. The average molecular weight is 154 g/mol. The fourth-order valence-electron chi connectivity index (χ4n) is 1.60. The fraction of sp³-hybridized carbons (Fsp3) is 0.778. The largest absolute Gasteiger partial charge is 0.375 e. The van der Waals surface area contributed by atoms with E-state index in [9.17, 15) is 0 Å². The molecule has 0 amide bonds. The van der Waals surface area contributed by atoms with E-state index in [-0.39, 0.29) is 0 Å². The molecule has 0 bridgehead atoms. The summed E-state index contributed by atoms with van der Waals surface area (Å²) in [7, 11) is 0. The summed E-state index contributed by atoms with van der Waals surface area (Å²) in [5, 5.41) is 0. The van der Waals surface area contributed by atoms with Crippen molar-refractivity contribution in [3.05, 3.63) is 12.3 Å². The second-order valence-corrected chi connectivity index (χ2v) is 3.43. The molecule has 1 aliphatic heterocycles. The lowest BCUT2D eigenvalue weighted by molar-refractivity contribution is 0.222. The molecule has 1 aliphatic rings. The molecule has 0 aromatic carbocycles. The molecular formula is C9H18N2. The number of hydrogen-bond donors (Lipinski definition) is 1. The summed E-state index contributed by atoms with van der Waals surface area (Å²) < 4.78 is 0. The van der Waals surface area contributed by atoms with Crippen LogP contribution in [0.4, 0.5) is 0 Å². The van der Waals surface area contributed by atoms with Crippen molar-refractivity contribution >= 4 is 0 Å². The first-order chi connectivity index (χ1) is 5.24. The molecule has 64 valence electrons. The molecule has 2 N–H and O–H groups in total. The molecular weight excluding hydrogens is 136 g/mol. The minimum absolute atomic E-state index is 0.695. The molecule has 0 aromatic rings. The number of nitrogens with zero attached hydrogens (tertiary/aromatic N) is 1. The second kappa shape index (κ2) is 3.77. The first-order valence-electron chi connectivity index (χ1n) is 4.34. The first-order valence-corrected chi connectivity index (χ1v) is 4.34. The first kappa shape index (κ1) is 8.60. The van der Waals surface area contributed by atoms with Crippen molar-refractivity contribution in [2.45, 2.75) is 19.8 Å². The van der Waals surface area contributed by atoms with Crippen LogP contribution in [-0.2, 0) is 0 Å². The summed E-state index contributed by atoms with van der Waals surface area (Å²) in [4.78, 5) is 2.33. The molecule has 0 saturated carbocycles. The van der Waals surface area contributed by atoms with E-state index < -0.39 is 0 Å². The monoisotopic (exact) mass is 154 g/mol. The summed E-state index contributed by atoms with van der Waals surface area (Å²) in [6.45, 7) is 9.11. The molecule has 1 unspecified atom stereocenters. The van der Waals surface area contributed by atoms with Crippen molar-refractivity contribution < 1.29 is 0 Å². The Kier molecular flexibility index (Phi) is 2.94. The van der Waals surface area contributed by atoms with Gasteiger partial charge in [0.1, 0.15) is 0 Å². The Hall–Kier alpha value is -0.500. The predicted molar refractivity (Wildman–Crippen MR) is 48.2 cm³/mol. The lowest BCUT2D eigenvalue weighted by atomic mass is 9.98. The third-order valence-corrected chi connectivity index (χ3v) is 2.39. The van der Waals surface area contributed by atoms with E-state index in [1.54, 1.807) is 0 Å². The van der Waals surface area contributed by atoms with Gasteiger partial charge in [-0.3, -0.25) is 0 Å². The molecule has 2 nitrogen and oxygen atoms in total. The van der Waals surface area contributed by atoms with Crippen LogP contribution in [0.5, 0.6) is 0 Å². The van der Waals surface area contributed by atoms with E-state index in [2.05, 4.69) is 18.4 Å². The Morgan fingerprint density at radius 3 is 3.00 bits per heavy atom. The Morgan fingerprint density at radius 2 is 2.45 bits per heavy atom. The molecule has 11 heavy (non-hydrogen) atoms. The van der Waals surface area contributed by atoms with Crippen molar-refractivity contribution in [3.8, 4) is 0 Å². The molecule has 1 fully saturated rings. The van der Waals surface area contributed by atoms with Crippen LogP contribution in [0.2, 0.25) is 0 Å². The SMILES string of the molecule is C=C(C)N1CCCC(CN)C1. The maximum absolute atomic E-state index is 5.61. The third-order valence-electron chi connectivity index (χ3n) is 2.39. The number of rotatable bonds is 2. The molecule has 0 aromatic heterocycles. The van der Waals surface area contributed by atoms with Crippen LogP contribution in [0.3, 0.4) is 0 Å². The van der Waals surface area contributed by atoms with E-state index in [1.807, 2.05) is 0 Å². The van der Waals surface area contributed by atoms with Crippen LogP contribution in [0.15, 0.2) is 12.3 Å². The molecule has 0 spiro atoms. The van der Waals surface area contributed by atoms with Crippen molar-refractivity contribution in [3.63, 3.8) is 0 Å². The van der Waals surface area contributed by atoms with Crippen LogP contribution in [0.1, 0.15) is 19.8 Å². The van der Waals surface area contributed by atoms with Crippen molar-refractivity contribution in [1.82, 2.24) is 4.90 Å². The minimum atomic E-state index is 0.695. The van der Waals surface area contributed by atoms with Gasteiger partial charge in [-0.2, -0.15) is 0 Å². The summed E-state index contributed by atoms with van der Waals surface area (Å²) in [5.74, 6) is 0.695. The number of allylic oxidation sites excluding steroid dienone is 1. The Labute approximate surface area is 69.1 Å². The standard InChI is InChI=1S/C9H18N2/c1-8(2)11-5-3-4-9(6-10)7-11/h9H,1,3-7,10H2,2H3. The fourth-order valence-corrected chi connectivity index (χ4v) is 1.60. The molecule has 1 atom stereocenters. The Balaban J connectivity index is 2.39. The van der Waals surface area contributed by atoms with Crippen LogP contribution in [0.25, 0.3) is 0 Å². The Bertz CT molecular complexity index is 142. The maximum atomic E-state index is 5.61. The van der Waals surface area contributed by atoms with Gasteiger partial charge in [0.15, 0.2) is 0 Å². The number of likely N-dealkylation sites (tertiary alicyclic amines) is 1. The van der Waals surface area contributed by atoms with Crippen molar-refractivity contribution in [1.29, 1.82) is 0 Å². The highest BCUT2D eigenvalue weighted by Gasteiger charge is 2.17. The van der Waals surface area contributed by atoms with Crippen molar-refractivity contribution in [2.75, 3.05) is 19.6 Å². The molecule has 1 rings (SSSR count). The van der Waals surface area contributed by atoms with Gasteiger partial charge in [0.2, 0.25) is 0 Å². The van der Waals surface area contributed by atoms with Gasteiger partial charge in [0.05, 0.1) is 0 Å². The smallest absolute Gasteiger partial charge is 0.0215 e. The van der Waals surface area contributed by atoms with Gasteiger partial charge in [-0.25, -0.2) is 0 Å². The molecule has 1 heterocycles. The zero-order valence-electron chi connectivity index (χ0n) is 7.34. The molecule has 0 aliphatic carbocycles. The number of nitrogens with two attached hydrogens (primary N) is 1. The van der Waals surface area contributed by atoms with Gasteiger partial charge < -0.3 is 10.6 Å². The number of piperidine rings is 1. The summed E-state index contributed by atoms with van der Waals surface area (Å²) >= 11 is 0. The van der Waals surface area contributed by atoms with Gasteiger partial charge in [0, 0.05) is 18.8 Å². The average Bonchev–Trinajstić information content (AvgIpc) is 2.05. The predicted octanol–water partition coefficient (Wildman–Crippen LogP) is 1.19. The van der Waals surface area contributed by atoms with Gasteiger partial charge in [-0.15, -0.1) is 0 Å². The topological polar surface area (TPSA) is 29.3 Å². The maximum Gasteiger partial charge on any atom is 0.0215 e. The lowest BCUT2D eigenvalue weighted by Gasteiger charge is -2.33. The van der Waals surface area contributed by atoms with Gasteiger partial charge in [-0.1, -0.05) is 6.58 Å². The highest BCUT2D eigenvalue weighted by molar-refractivity contribution is 4.91. The van der Waals surface area contributed by atoms with E-state index in [4.69, 9.17) is 5.73 Å². The highest BCUT2D eigenvalue weighted by atomic mass is 15.1. The highest BCUT2D eigenvalue weighted by Crippen LogP contribution is 2.17. The quantitative estimate of drug-likeness (QED) is 0.647. The third kappa shape index (κ3) is 2.22. The zero-order valence-corrected chi connectivity index (χ0v) is 7.34. The van der Waals surface area contributed by atoms with Gasteiger partial charge in [-0.05, 0) is 32.2 Å². The summed E-state index contributed by atoms with van der Waals surface area (Å²) in [6.07, 6.45) is 2.56. The van der Waals surface area contributed by atoms with E-state index >= 15 is 0 Å². The molecule has 1 saturated heterocycles. The number of hydrogen-bond acceptors (Lipinski definition) is 2. The molecule has 2 heteroatoms. The summed E-state index contributed by atoms with van der Waals surface area (Å²) in [5.41, 5.74) is 6.79. The van der Waals surface area contributed by atoms with Gasteiger partial charge >= 0.3 is 0 Å². The van der Waals surface area contributed by atoms with E-state index in [0.717, 1.165) is 13.1 Å². The normalized spacial score (nSPS) is 25.3. The molecule has 0 radical (unpaired) electrons. The van der Waals surface area contributed by atoms with Crippen LogP contribution < -0.4 is 5.73 Å². The Morgan fingerprint density at radius 1 is 1.73 bits per heavy atom. The van der Waals surface area contributed by atoms with Gasteiger partial charge in [0.25, 0.3) is 0 Å². The second-order valence-electron chi connectivity index (χ2n) is 3.43.